The Balaban J connectivity index is 2.37. The molecule has 1 aromatic rings. The zero-order chi connectivity index (χ0) is 13.4. The maximum Gasteiger partial charge on any atom is 0.195 e. The van der Waals surface area contributed by atoms with Crippen LogP contribution >= 0.6 is 0 Å². The Bertz CT molecular complexity index is 388. The minimum Gasteiger partial charge on any atom is -0.370 e. The summed E-state index contributed by atoms with van der Waals surface area (Å²) in [5.74, 6) is 0.344. The highest BCUT2D eigenvalue weighted by atomic mass is 15.2. The molecule has 5 heteroatoms. The third-order valence-electron chi connectivity index (χ3n) is 2.82. The molecule has 0 fully saturated rings. The molecule has 1 atom stereocenters. The number of benzene rings is 1. The Kier molecular flexibility index (Phi) is 5.70. The van der Waals surface area contributed by atoms with Gasteiger partial charge in [0.2, 0.25) is 0 Å². The van der Waals surface area contributed by atoms with Crippen molar-refractivity contribution in [2.24, 2.45) is 5.73 Å². The van der Waals surface area contributed by atoms with Gasteiger partial charge in [0.05, 0.1) is 0 Å². The second-order valence-electron chi connectivity index (χ2n) is 4.14. The molecule has 0 radical (unpaired) electrons. The molecule has 1 unspecified atom stereocenters. The molecule has 0 aliphatic rings. The molecule has 1 aromatic carbocycles. The number of rotatable bonds is 5. The van der Waals surface area contributed by atoms with Crippen LogP contribution in [-0.4, -0.2) is 18.5 Å². The van der Waals surface area contributed by atoms with E-state index in [-0.39, 0.29) is 11.9 Å². The van der Waals surface area contributed by atoms with Gasteiger partial charge >= 0.3 is 0 Å². The molecule has 5 nitrogen and oxygen atoms in total. The van der Waals surface area contributed by atoms with Gasteiger partial charge in [-0.25, -0.2) is 0 Å². The van der Waals surface area contributed by atoms with Crippen LogP contribution in [0.5, 0.6) is 0 Å². The normalized spacial score (nSPS) is 11.6. The van der Waals surface area contributed by atoms with Gasteiger partial charge in [-0.2, -0.15) is 0 Å². The van der Waals surface area contributed by atoms with Crippen molar-refractivity contribution in [1.82, 2.24) is 10.6 Å². The Hall–Kier alpha value is -2.04. The first-order chi connectivity index (χ1) is 8.63. The quantitative estimate of drug-likeness (QED) is 0.403. The zero-order valence-corrected chi connectivity index (χ0v) is 10.7. The summed E-state index contributed by atoms with van der Waals surface area (Å²) in [6.45, 7) is 2.85. The highest BCUT2D eigenvalue weighted by Crippen LogP contribution is 2.21. The molecule has 0 aliphatic carbocycles. The van der Waals surface area contributed by atoms with E-state index in [4.69, 9.17) is 16.6 Å². The van der Waals surface area contributed by atoms with Crippen LogP contribution in [0, 0.1) is 10.8 Å². The van der Waals surface area contributed by atoms with Gasteiger partial charge < -0.3 is 11.1 Å². The lowest BCUT2D eigenvalue weighted by molar-refractivity contribution is 0.594. The van der Waals surface area contributed by atoms with E-state index >= 15 is 0 Å². The fourth-order valence-corrected chi connectivity index (χ4v) is 1.88. The van der Waals surface area contributed by atoms with Crippen LogP contribution < -0.4 is 16.4 Å². The lowest BCUT2D eigenvalue weighted by Gasteiger charge is -2.16. The van der Waals surface area contributed by atoms with E-state index in [1.807, 2.05) is 18.2 Å². The molecule has 0 saturated heterocycles. The van der Waals surface area contributed by atoms with Crippen molar-refractivity contribution in [1.29, 1.82) is 10.8 Å². The summed E-state index contributed by atoms with van der Waals surface area (Å²) in [5.41, 5.74) is 6.46. The van der Waals surface area contributed by atoms with Crippen LogP contribution in [0.25, 0.3) is 0 Å². The van der Waals surface area contributed by atoms with Crippen molar-refractivity contribution >= 4 is 11.9 Å². The van der Waals surface area contributed by atoms with Gasteiger partial charge in [-0.1, -0.05) is 37.3 Å². The van der Waals surface area contributed by atoms with Crippen LogP contribution in [0.2, 0.25) is 0 Å². The van der Waals surface area contributed by atoms with Crippen molar-refractivity contribution in [3.8, 4) is 0 Å². The van der Waals surface area contributed by atoms with E-state index in [2.05, 4.69) is 29.7 Å². The first kappa shape index (κ1) is 14.0. The van der Waals surface area contributed by atoms with E-state index in [1.165, 1.54) is 5.56 Å². The average Bonchev–Trinajstić information content (AvgIpc) is 2.35. The molecule has 18 heavy (non-hydrogen) atoms. The van der Waals surface area contributed by atoms with Crippen molar-refractivity contribution in [3.63, 3.8) is 0 Å². The molecular weight excluding hydrogens is 226 g/mol. The fraction of sp³-hybridized carbons (Fsp3) is 0.385. The molecule has 0 amide bonds. The SMILES string of the molecule is CCC(CCNC(=N)NC(=N)N)c1ccccc1. The van der Waals surface area contributed by atoms with Gasteiger partial charge in [-0.15, -0.1) is 0 Å². The van der Waals surface area contributed by atoms with Gasteiger partial charge in [0.25, 0.3) is 0 Å². The Labute approximate surface area is 108 Å². The maximum atomic E-state index is 7.48. The molecule has 1 rings (SSSR count). The third kappa shape index (κ3) is 4.86. The summed E-state index contributed by atoms with van der Waals surface area (Å²) < 4.78 is 0. The van der Waals surface area contributed by atoms with Crippen LogP contribution in [0.3, 0.4) is 0 Å². The van der Waals surface area contributed by atoms with E-state index in [0.717, 1.165) is 12.8 Å². The number of hydrogen-bond acceptors (Lipinski definition) is 2. The molecule has 0 aliphatic heterocycles. The van der Waals surface area contributed by atoms with Crippen molar-refractivity contribution in [2.75, 3.05) is 6.54 Å². The summed E-state index contributed by atoms with van der Waals surface area (Å²) >= 11 is 0. The lowest BCUT2D eigenvalue weighted by atomic mass is 9.93. The predicted molar refractivity (Wildman–Crippen MR) is 74.9 cm³/mol. The standard InChI is InChI=1S/C13H21N5/c1-2-10(11-6-4-3-5-7-11)8-9-17-13(16)18-12(14)15/h3-7,10H,2,8-9H2,1H3,(H6,14,15,16,17,18). The van der Waals surface area contributed by atoms with E-state index in [9.17, 15) is 0 Å². The van der Waals surface area contributed by atoms with Crippen molar-refractivity contribution in [2.45, 2.75) is 25.7 Å². The summed E-state index contributed by atoms with van der Waals surface area (Å²) in [6.07, 6.45) is 2.02. The highest BCUT2D eigenvalue weighted by molar-refractivity contribution is 5.94. The molecule has 0 heterocycles. The third-order valence-corrected chi connectivity index (χ3v) is 2.82. The summed E-state index contributed by atoms with van der Waals surface area (Å²) in [4.78, 5) is 0. The predicted octanol–water partition coefficient (Wildman–Crippen LogP) is 1.58. The topological polar surface area (TPSA) is 97.8 Å². The summed E-state index contributed by atoms with van der Waals surface area (Å²) in [7, 11) is 0. The Morgan fingerprint density at radius 2 is 1.94 bits per heavy atom. The molecule has 0 saturated carbocycles. The van der Waals surface area contributed by atoms with Gasteiger partial charge in [0, 0.05) is 6.54 Å². The average molecular weight is 247 g/mol. The monoisotopic (exact) mass is 247 g/mol. The lowest BCUT2D eigenvalue weighted by Crippen LogP contribution is -2.43. The molecule has 98 valence electrons. The minimum atomic E-state index is -0.220. The van der Waals surface area contributed by atoms with Gasteiger partial charge in [-0.3, -0.25) is 16.1 Å². The van der Waals surface area contributed by atoms with Gasteiger partial charge in [0.15, 0.2) is 11.9 Å². The molecule has 0 bridgehead atoms. The largest absolute Gasteiger partial charge is 0.370 e. The van der Waals surface area contributed by atoms with E-state index in [0.29, 0.717) is 12.5 Å². The fourth-order valence-electron chi connectivity index (χ4n) is 1.88. The van der Waals surface area contributed by atoms with Crippen molar-refractivity contribution in [3.05, 3.63) is 35.9 Å². The Morgan fingerprint density at radius 1 is 1.28 bits per heavy atom. The first-order valence-corrected chi connectivity index (χ1v) is 6.12. The van der Waals surface area contributed by atoms with E-state index in [1.54, 1.807) is 0 Å². The number of guanidine groups is 2. The highest BCUT2D eigenvalue weighted by Gasteiger charge is 2.08. The number of nitrogens with two attached hydrogens (primary N) is 1. The van der Waals surface area contributed by atoms with E-state index < -0.39 is 0 Å². The van der Waals surface area contributed by atoms with Crippen LogP contribution in [0.4, 0.5) is 0 Å². The zero-order valence-electron chi connectivity index (χ0n) is 10.7. The van der Waals surface area contributed by atoms with Crippen LogP contribution in [0.15, 0.2) is 30.3 Å². The van der Waals surface area contributed by atoms with Crippen molar-refractivity contribution < 1.29 is 0 Å². The minimum absolute atomic E-state index is 0.0745. The van der Waals surface area contributed by atoms with Crippen LogP contribution in [0.1, 0.15) is 31.2 Å². The summed E-state index contributed by atoms with van der Waals surface area (Å²) in [5, 5.41) is 19.8. The second kappa shape index (κ2) is 7.32. The molecule has 6 N–H and O–H groups in total. The summed E-state index contributed by atoms with van der Waals surface area (Å²) in [6, 6.07) is 10.4. The van der Waals surface area contributed by atoms with Gasteiger partial charge in [-0.05, 0) is 24.3 Å². The smallest absolute Gasteiger partial charge is 0.195 e. The number of hydrogen-bond donors (Lipinski definition) is 5. The Morgan fingerprint density at radius 3 is 2.50 bits per heavy atom. The number of nitrogens with one attached hydrogen (secondary N) is 4. The first-order valence-electron chi connectivity index (χ1n) is 6.12. The second-order valence-corrected chi connectivity index (χ2v) is 4.14. The molecule has 0 spiro atoms. The van der Waals surface area contributed by atoms with Gasteiger partial charge in [0.1, 0.15) is 0 Å². The molecule has 0 aromatic heterocycles. The molecular formula is C13H21N5. The maximum absolute atomic E-state index is 7.48. The van der Waals surface area contributed by atoms with Crippen LogP contribution in [-0.2, 0) is 0 Å².